The molecule has 1 saturated heterocycles. The van der Waals surface area contributed by atoms with E-state index in [2.05, 4.69) is 21.7 Å². The van der Waals surface area contributed by atoms with Crippen molar-refractivity contribution >= 4 is 34.6 Å². The third-order valence-corrected chi connectivity index (χ3v) is 6.13. The number of urea groups is 1. The first-order valence-corrected chi connectivity index (χ1v) is 10.8. The van der Waals surface area contributed by atoms with Crippen molar-refractivity contribution in [3.8, 4) is 5.75 Å². The summed E-state index contributed by atoms with van der Waals surface area (Å²) >= 11 is 1.45. The molecule has 3 amide bonds. The van der Waals surface area contributed by atoms with Crippen LogP contribution in [0.1, 0.15) is 23.1 Å². The van der Waals surface area contributed by atoms with Gasteiger partial charge in [-0.05, 0) is 49.4 Å². The number of imide groups is 1. The highest BCUT2D eigenvalue weighted by atomic mass is 32.2. The number of aromatic nitrogens is 1. The largest absolute Gasteiger partial charge is 0.489 e. The van der Waals surface area contributed by atoms with Gasteiger partial charge in [0.25, 0.3) is 5.91 Å². The van der Waals surface area contributed by atoms with E-state index in [0.717, 1.165) is 37.7 Å². The molecule has 2 N–H and O–H groups in total. The van der Waals surface area contributed by atoms with E-state index in [1.54, 1.807) is 6.07 Å². The van der Waals surface area contributed by atoms with Gasteiger partial charge < -0.3 is 14.5 Å². The maximum atomic E-state index is 11.9. The van der Waals surface area contributed by atoms with Crippen LogP contribution in [0, 0.1) is 6.92 Å². The number of nitrogens with one attached hydrogen (secondary N) is 2. The van der Waals surface area contributed by atoms with E-state index in [1.807, 2.05) is 55.5 Å². The molecule has 1 aliphatic heterocycles. The van der Waals surface area contributed by atoms with Crippen molar-refractivity contribution < 1.29 is 18.7 Å². The van der Waals surface area contributed by atoms with Crippen LogP contribution in [0.4, 0.5) is 4.79 Å². The highest BCUT2D eigenvalue weighted by Crippen LogP contribution is 2.36. The summed E-state index contributed by atoms with van der Waals surface area (Å²) in [6.45, 7) is 2.42. The molecule has 2 aromatic carbocycles. The molecule has 0 aliphatic carbocycles. The zero-order valence-corrected chi connectivity index (χ0v) is 17.9. The number of amides is 3. The Hall–Kier alpha value is -3.78. The molecule has 0 spiro atoms. The Balaban J connectivity index is 1.28. The molecule has 1 atom stereocenters. The van der Waals surface area contributed by atoms with Gasteiger partial charge >= 0.3 is 6.03 Å². The highest BCUT2D eigenvalue weighted by molar-refractivity contribution is 7.99. The fourth-order valence-electron chi connectivity index (χ4n) is 3.61. The second kappa shape index (κ2) is 8.39. The van der Waals surface area contributed by atoms with Crippen molar-refractivity contribution in [2.45, 2.75) is 29.4 Å². The second-order valence-electron chi connectivity index (χ2n) is 7.35. The van der Waals surface area contributed by atoms with Crippen molar-refractivity contribution in [1.82, 2.24) is 15.6 Å². The Morgan fingerprint density at radius 3 is 2.69 bits per heavy atom. The molecular formula is C24H19N3O4S. The van der Waals surface area contributed by atoms with Crippen LogP contribution in [-0.4, -0.2) is 16.9 Å². The molecule has 1 fully saturated rings. The van der Waals surface area contributed by atoms with Crippen LogP contribution < -0.4 is 15.4 Å². The number of carbonyl (C=O) groups is 2. The lowest BCUT2D eigenvalue weighted by molar-refractivity contribution is -0.120. The summed E-state index contributed by atoms with van der Waals surface area (Å²) in [7, 11) is 0. The predicted octanol–water partition coefficient (Wildman–Crippen LogP) is 4.75. The van der Waals surface area contributed by atoms with Crippen LogP contribution in [0.2, 0.25) is 0 Å². The molecular weight excluding hydrogens is 426 g/mol. The zero-order valence-electron chi connectivity index (χ0n) is 17.1. The average molecular weight is 446 g/mol. The van der Waals surface area contributed by atoms with Gasteiger partial charge in [0.2, 0.25) is 0 Å². The standard InChI is InChI=1S/C24H19N3O4S/c1-14-12-15(18-4-2-3-5-19(18)25-14)13-31-16-6-8-17(9-7-16)32-20-10-11-30-22(20)21-23(28)27-24(29)26-21/h2-12,21H,13H2,1H3,(H2,26,27,28,29). The molecule has 3 heterocycles. The summed E-state index contributed by atoms with van der Waals surface area (Å²) in [6.07, 6.45) is 1.51. The van der Waals surface area contributed by atoms with E-state index in [0.29, 0.717) is 12.4 Å². The minimum Gasteiger partial charge on any atom is -0.489 e. The molecule has 32 heavy (non-hydrogen) atoms. The lowest BCUT2D eigenvalue weighted by atomic mass is 10.1. The number of nitrogens with zero attached hydrogens (tertiary/aromatic N) is 1. The molecule has 4 aromatic rings. The van der Waals surface area contributed by atoms with Crippen molar-refractivity contribution in [3.63, 3.8) is 0 Å². The van der Waals surface area contributed by atoms with Gasteiger partial charge in [0.05, 0.1) is 16.7 Å². The van der Waals surface area contributed by atoms with Crippen LogP contribution in [0.3, 0.4) is 0 Å². The van der Waals surface area contributed by atoms with Gasteiger partial charge in [-0.25, -0.2) is 4.79 Å². The Kier molecular flexibility index (Phi) is 5.28. The van der Waals surface area contributed by atoms with Gasteiger partial charge in [-0.2, -0.15) is 0 Å². The molecule has 0 radical (unpaired) electrons. The normalized spacial score (nSPS) is 15.6. The van der Waals surface area contributed by atoms with Crippen molar-refractivity contribution in [2.24, 2.45) is 0 Å². The summed E-state index contributed by atoms with van der Waals surface area (Å²) in [4.78, 5) is 29.6. The first-order chi connectivity index (χ1) is 15.6. The number of pyridine rings is 1. The number of ether oxygens (including phenoxy) is 1. The molecule has 2 aromatic heterocycles. The molecule has 0 saturated carbocycles. The Labute approximate surface area is 188 Å². The Morgan fingerprint density at radius 1 is 1.09 bits per heavy atom. The van der Waals surface area contributed by atoms with Crippen molar-refractivity contribution in [3.05, 3.63) is 83.9 Å². The quantitative estimate of drug-likeness (QED) is 0.416. The third kappa shape index (κ3) is 4.04. The highest BCUT2D eigenvalue weighted by Gasteiger charge is 2.35. The van der Waals surface area contributed by atoms with Crippen LogP contribution >= 0.6 is 11.8 Å². The lowest BCUT2D eigenvalue weighted by Gasteiger charge is -2.11. The number of carbonyl (C=O) groups excluding carboxylic acids is 2. The fourth-order valence-corrected chi connectivity index (χ4v) is 4.53. The van der Waals surface area contributed by atoms with E-state index >= 15 is 0 Å². The van der Waals surface area contributed by atoms with E-state index in [-0.39, 0.29) is 0 Å². The topological polar surface area (TPSA) is 93.5 Å². The van der Waals surface area contributed by atoms with Crippen LogP contribution in [-0.2, 0) is 11.4 Å². The maximum Gasteiger partial charge on any atom is 0.322 e. The number of hydrogen-bond donors (Lipinski definition) is 2. The van der Waals surface area contributed by atoms with Gasteiger partial charge in [0, 0.05) is 21.5 Å². The number of benzene rings is 2. The number of aryl methyl sites for hydroxylation is 1. The van der Waals surface area contributed by atoms with Gasteiger partial charge in [0.15, 0.2) is 6.04 Å². The average Bonchev–Trinajstić information content (AvgIpc) is 3.37. The summed E-state index contributed by atoms with van der Waals surface area (Å²) in [6, 6.07) is 18.2. The van der Waals surface area contributed by atoms with Crippen molar-refractivity contribution in [1.29, 1.82) is 0 Å². The van der Waals surface area contributed by atoms with Crippen LogP contribution in [0.15, 0.2) is 81.1 Å². The first kappa shape index (κ1) is 20.1. The van der Waals surface area contributed by atoms with Crippen LogP contribution in [0.25, 0.3) is 10.9 Å². The minimum absolute atomic E-state index is 0.415. The third-order valence-electron chi connectivity index (χ3n) is 5.07. The summed E-state index contributed by atoms with van der Waals surface area (Å²) in [5, 5.41) is 5.86. The van der Waals surface area contributed by atoms with Gasteiger partial charge in [-0.1, -0.05) is 30.0 Å². The number of furan rings is 1. The first-order valence-electron chi connectivity index (χ1n) is 10.0. The van der Waals surface area contributed by atoms with Gasteiger partial charge in [0.1, 0.15) is 18.1 Å². The number of hydrogen-bond acceptors (Lipinski definition) is 6. The monoisotopic (exact) mass is 445 g/mol. The smallest absolute Gasteiger partial charge is 0.322 e. The molecule has 7 nitrogen and oxygen atoms in total. The zero-order chi connectivity index (χ0) is 22.1. The maximum absolute atomic E-state index is 11.9. The summed E-state index contributed by atoms with van der Waals surface area (Å²) < 4.78 is 11.5. The van der Waals surface area contributed by atoms with Crippen LogP contribution in [0.5, 0.6) is 5.75 Å². The number of rotatable bonds is 6. The van der Waals surface area contributed by atoms with Gasteiger partial charge in [-0.3, -0.25) is 15.1 Å². The molecule has 0 bridgehead atoms. The van der Waals surface area contributed by atoms with E-state index in [1.165, 1.54) is 18.0 Å². The molecule has 8 heteroatoms. The Morgan fingerprint density at radius 2 is 1.91 bits per heavy atom. The number of para-hydroxylation sites is 1. The molecule has 160 valence electrons. The summed E-state index contributed by atoms with van der Waals surface area (Å²) in [5.74, 6) is 0.746. The predicted molar refractivity (Wildman–Crippen MR) is 120 cm³/mol. The fraction of sp³-hybridized carbons (Fsp3) is 0.125. The van der Waals surface area contributed by atoms with E-state index in [4.69, 9.17) is 9.15 Å². The second-order valence-corrected chi connectivity index (χ2v) is 8.46. The molecule has 1 unspecified atom stereocenters. The molecule has 5 rings (SSSR count). The van der Waals surface area contributed by atoms with Crippen molar-refractivity contribution in [2.75, 3.05) is 0 Å². The van der Waals surface area contributed by atoms with E-state index < -0.39 is 18.0 Å². The molecule has 1 aliphatic rings. The SMILES string of the molecule is Cc1cc(COc2ccc(Sc3ccoc3C3NC(=O)NC3=O)cc2)c2ccccc2n1. The minimum atomic E-state index is -0.818. The Bertz CT molecular complexity index is 1320. The number of fused-ring (bicyclic) bond motifs is 1. The van der Waals surface area contributed by atoms with E-state index in [9.17, 15) is 9.59 Å². The van der Waals surface area contributed by atoms with Gasteiger partial charge in [-0.15, -0.1) is 0 Å². The lowest BCUT2D eigenvalue weighted by Crippen LogP contribution is -2.22. The summed E-state index contributed by atoms with van der Waals surface area (Å²) in [5.41, 5.74) is 3.00.